The number of benzene rings is 2. The van der Waals surface area contributed by atoms with Crippen LogP contribution in [0.5, 0.6) is 11.5 Å². The van der Waals surface area contributed by atoms with Gasteiger partial charge in [0.2, 0.25) is 0 Å². The van der Waals surface area contributed by atoms with Crippen molar-refractivity contribution < 1.29 is 28.5 Å². The molecule has 0 unspecified atom stereocenters. The van der Waals surface area contributed by atoms with Crippen LogP contribution in [0, 0.1) is 0 Å². The summed E-state index contributed by atoms with van der Waals surface area (Å²) in [5.74, 6) is -0.455. The quantitative estimate of drug-likeness (QED) is 0.349. The van der Waals surface area contributed by atoms with Crippen molar-refractivity contribution in [3.05, 3.63) is 58.1 Å². The van der Waals surface area contributed by atoms with Crippen LogP contribution < -0.4 is 9.47 Å². The zero-order valence-electron chi connectivity index (χ0n) is 15.4. The Morgan fingerprint density at radius 1 is 1.04 bits per heavy atom. The monoisotopic (exact) mass is 436 g/mol. The zero-order valence-corrected chi connectivity index (χ0v) is 16.9. The molecule has 2 aromatic rings. The first-order valence-corrected chi connectivity index (χ1v) is 9.14. The van der Waals surface area contributed by atoms with Crippen molar-refractivity contribution in [3.8, 4) is 11.5 Å². The lowest BCUT2D eigenvalue weighted by molar-refractivity contribution is 0.0376. The summed E-state index contributed by atoms with van der Waals surface area (Å²) in [5, 5.41) is 0. The van der Waals surface area contributed by atoms with E-state index >= 15 is 0 Å². The lowest BCUT2D eigenvalue weighted by Gasteiger charge is -2.12. The minimum absolute atomic E-state index is 0.237. The molecule has 6 nitrogen and oxygen atoms in total. The molecule has 2 aromatic carbocycles. The van der Waals surface area contributed by atoms with Crippen LogP contribution in [-0.4, -0.2) is 38.4 Å². The van der Waals surface area contributed by atoms with Gasteiger partial charge in [0.05, 0.1) is 18.3 Å². The molecule has 2 rings (SSSR count). The lowest BCUT2D eigenvalue weighted by Crippen LogP contribution is -2.14. The molecule has 7 heteroatoms. The summed E-state index contributed by atoms with van der Waals surface area (Å²) in [6.07, 6.45) is -0.239. The van der Waals surface area contributed by atoms with Crippen molar-refractivity contribution in [1.82, 2.24) is 0 Å². The Bertz CT molecular complexity index is 803. The number of hydrogen-bond acceptors (Lipinski definition) is 6. The van der Waals surface area contributed by atoms with Gasteiger partial charge in [-0.3, -0.25) is 0 Å². The van der Waals surface area contributed by atoms with Gasteiger partial charge in [0, 0.05) is 11.6 Å². The highest BCUT2D eigenvalue weighted by Crippen LogP contribution is 2.25. The number of carbonyl (C=O) groups excluding carboxylic acids is 2. The fraction of sp³-hybridized carbons (Fsp3) is 0.300. The van der Waals surface area contributed by atoms with Gasteiger partial charge in [-0.25, -0.2) is 9.59 Å². The van der Waals surface area contributed by atoms with Crippen LogP contribution in [0.15, 0.2) is 46.9 Å². The van der Waals surface area contributed by atoms with Crippen molar-refractivity contribution in [3.63, 3.8) is 0 Å². The Morgan fingerprint density at radius 3 is 2.52 bits per heavy atom. The van der Waals surface area contributed by atoms with E-state index in [0.29, 0.717) is 29.0 Å². The maximum atomic E-state index is 12.6. The third-order valence-corrected chi connectivity index (χ3v) is 3.82. The molecule has 144 valence electrons. The molecule has 0 N–H and O–H groups in total. The van der Waals surface area contributed by atoms with Crippen LogP contribution in [-0.2, 0) is 9.47 Å². The Morgan fingerprint density at radius 2 is 1.81 bits per heavy atom. The fourth-order valence-corrected chi connectivity index (χ4v) is 2.51. The van der Waals surface area contributed by atoms with Crippen molar-refractivity contribution in [2.24, 2.45) is 0 Å². The molecule has 0 aliphatic rings. The van der Waals surface area contributed by atoms with Gasteiger partial charge in [-0.15, -0.1) is 0 Å². The van der Waals surface area contributed by atoms with Crippen molar-refractivity contribution in [2.45, 2.75) is 20.0 Å². The number of methoxy groups -OCH3 is 1. The van der Waals surface area contributed by atoms with E-state index in [0.717, 1.165) is 0 Å². The van der Waals surface area contributed by atoms with E-state index in [1.165, 1.54) is 6.07 Å². The molecule has 0 fully saturated rings. The van der Waals surface area contributed by atoms with E-state index in [4.69, 9.17) is 18.9 Å². The van der Waals surface area contributed by atoms with Crippen LogP contribution in [0.25, 0.3) is 0 Å². The van der Waals surface area contributed by atoms with Gasteiger partial charge in [-0.2, -0.15) is 0 Å². The largest absolute Gasteiger partial charge is 0.490 e. The molecule has 0 spiro atoms. The highest BCUT2D eigenvalue weighted by atomic mass is 79.9. The fourth-order valence-electron chi connectivity index (χ4n) is 2.15. The number of esters is 2. The first kappa shape index (κ1) is 20.9. The molecule has 0 aliphatic carbocycles. The molecule has 0 saturated carbocycles. The Balaban J connectivity index is 2.17. The Labute approximate surface area is 166 Å². The molecular formula is C20H21BrO6. The van der Waals surface area contributed by atoms with E-state index in [1.807, 2.05) is 0 Å². The molecule has 0 saturated heterocycles. The molecule has 0 radical (unpaired) electrons. The van der Waals surface area contributed by atoms with E-state index in [-0.39, 0.29) is 17.4 Å². The summed E-state index contributed by atoms with van der Waals surface area (Å²) >= 11 is 3.34. The topological polar surface area (TPSA) is 71.1 Å². The van der Waals surface area contributed by atoms with Gasteiger partial charge < -0.3 is 18.9 Å². The predicted octanol–water partition coefficient (Wildman–Crippen LogP) is 4.26. The summed E-state index contributed by atoms with van der Waals surface area (Å²) < 4.78 is 21.8. The minimum atomic E-state index is -0.599. The smallest absolute Gasteiger partial charge is 0.347 e. The summed E-state index contributed by atoms with van der Waals surface area (Å²) in [6, 6.07) is 11.3. The molecule has 0 heterocycles. The third kappa shape index (κ3) is 6.37. The van der Waals surface area contributed by atoms with Crippen LogP contribution in [0.1, 0.15) is 34.6 Å². The minimum Gasteiger partial charge on any atom is -0.490 e. The second-order valence-electron chi connectivity index (χ2n) is 5.85. The van der Waals surface area contributed by atoms with Crippen LogP contribution >= 0.6 is 15.9 Å². The average molecular weight is 437 g/mol. The van der Waals surface area contributed by atoms with Gasteiger partial charge in [0.1, 0.15) is 23.7 Å². The van der Waals surface area contributed by atoms with E-state index in [9.17, 15) is 9.59 Å². The first-order chi connectivity index (χ1) is 12.9. The maximum absolute atomic E-state index is 12.6. The average Bonchev–Trinajstić information content (AvgIpc) is 2.62. The number of ether oxygens (including phenoxy) is 4. The predicted molar refractivity (Wildman–Crippen MR) is 103 cm³/mol. The van der Waals surface area contributed by atoms with Crippen molar-refractivity contribution in [2.75, 3.05) is 20.3 Å². The number of carbonyl (C=O) groups is 2. The maximum Gasteiger partial charge on any atom is 0.347 e. The lowest BCUT2D eigenvalue weighted by atomic mass is 10.2. The molecule has 0 aliphatic heterocycles. The summed E-state index contributed by atoms with van der Waals surface area (Å²) in [4.78, 5) is 24.6. The van der Waals surface area contributed by atoms with Gasteiger partial charge in [-0.1, -0.05) is 22.0 Å². The third-order valence-electron chi connectivity index (χ3n) is 3.33. The molecule has 27 heavy (non-hydrogen) atoms. The second-order valence-corrected chi connectivity index (χ2v) is 6.77. The highest BCUT2D eigenvalue weighted by Gasteiger charge is 2.17. The normalized spacial score (nSPS) is 10.6. The van der Waals surface area contributed by atoms with E-state index in [2.05, 4.69) is 15.9 Å². The molecule has 0 aromatic heterocycles. The second kappa shape index (κ2) is 10.1. The van der Waals surface area contributed by atoms with E-state index < -0.39 is 11.9 Å². The first-order valence-electron chi connectivity index (χ1n) is 8.35. The van der Waals surface area contributed by atoms with E-state index in [1.54, 1.807) is 57.4 Å². The summed E-state index contributed by atoms with van der Waals surface area (Å²) in [5.41, 5.74) is 0.565. The molecular weight excluding hydrogens is 416 g/mol. The van der Waals surface area contributed by atoms with Crippen LogP contribution in [0.2, 0.25) is 0 Å². The van der Waals surface area contributed by atoms with Gasteiger partial charge in [0.25, 0.3) is 0 Å². The Hall–Kier alpha value is -2.38. The van der Waals surface area contributed by atoms with Gasteiger partial charge in [0.15, 0.2) is 0 Å². The van der Waals surface area contributed by atoms with Crippen molar-refractivity contribution in [1.29, 1.82) is 0 Å². The summed E-state index contributed by atoms with van der Waals surface area (Å²) in [7, 11) is 1.57. The van der Waals surface area contributed by atoms with Gasteiger partial charge in [-0.05, 0) is 50.2 Å². The number of hydrogen-bond donors (Lipinski definition) is 0. The summed E-state index contributed by atoms with van der Waals surface area (Å²) in [6.45, 7) is 4.22. The van der Waals surface area contributed by atoms with Crippen LogP contribution in [0.3, 0.4) is 0 Å². The number of rotatable bonds is 8. The molecule has 0 amide bonds. The van der Waals surface area contributed by atoms with Gasteiger partial charge >= 0.3 is 11.9 Å². The highest BCUT2D eigenvalue weighted by molar-refractivity contribution is 9.10. The molecule has 0 bridgehead atoms. The number of halogens is 1. The standard InChI is InChI=1S/C20H21BrO6/c1-13(2)26-19(22)14-5-4-6-16(11-14)27-20(23)17-12-15(21)7-8-18(17)25-10-9-24-3/h4-8,11-13H,9-10H2,1-3H3. The zero-order chi connectivity index (χ0) is 19.8. The SMILES string of the molecule is COCCOc1ccc(Br)cc1C(=O)Oc1cccc(C(=O)OC(C)C)c1. The van der Waals surface area contributed by atoms with Crippen LogP contribution in [0.4, 0.5) is 0 Å². The molecule has 0 atom stereocenters. The van der Waals surface area contributed by atoms with Crippen molar-refractivity contribution >= 4 is 27.9 Å². The Kier molecular flexibility index (Phi) is 7.82.